The van der Waals surface area contributed by atoms with E-state index in [0.717, 1.165) is 11.1 Å². The SMILES string of the molecule is NC(=O)c1ccc(-c2ccc(NC(=O)NCc3cccnc3)cc2)nc1. The molecule has 0 bridgehead atoms. The fourth-order valence-corrected chi connectivity index (χ4v) is 2.30. The molecule has 0 radical (unpaired) electrons. The molecule has 2 aromatic heterocycles. The lowest BCUT2D eigenvalue weighted by atomic mass is 10.1. The second kappa shape index (κ2) is 7.89. The molecule has 0 saturated heterocycles. The third-order valence-electron chi connectivity index (χ3n) is 3.66. The number of nitrogens with one attached hydrogen (secondary N) is 2. The van der Waals surface area contributed by atoms with E-state index in [1.54, 1.807) is 36.7 Å². The number of pyridine rings is 2. The van der Waals surface area contributed by atoms with Crippen molar-refractivity contribution < 1.29 is 9.59 Å². The Hall–Kier alpha value is -3.74. The summed E-state index contributed by atoms with van der Waals surface area (Å²) in [6, 6.07) is 14.0. The van der Waals surface area contributed by atoms with Crippen LogP contribution in [0.1, 0.15) is 15.9 Å². The van der Waals surface area contributed by atoms with Crippen LogP contribution in [0, 0.1) is 0 Å². The number of carbonyl (C=O) groups is 2. The van der Waals surface area contributed by atoms with E-state index >= 15 is 0 Å². The highest BCUT2D eigenvalue weighted by molar-refractivity contribution is 5.92. The molecule has 3 aromatic rings. The number of hydrogen-bond donors (Lipinski definition) is 3. The van der Waals surface area contributed by atoms with Gasteiger partial charge in [0.2, 0.25) is 5.91 Å². The molecule has 0 aliphatic heterocycles. The zero-order valence-electron chi connectivity index (χ0n) is 13.8. The molecular weight excluding hydrogens is 330 g/mol. The van der Waals surface area contributed by atoms with Crippen LogP contribution < -0.4 is 16.4 Å². The van der Waals surface area contributed by atoms with E-state index in [9.17, 15) is 9.59 Å². The molecule has 0 atom stereocenters. The second-order valence-electron chi connectivity index (χ2n) is 5.54. The van der Waals surface area contributed by atoms with Crippen molar-refractivity contribution in [1.82, 2.24) is 15.3 Å². The van der Waals surface area contributed by atoms with Gasteiger partial charge in [-0.25, -0.2) is 4.79 Å². The molecule has 130 valence electrons. The van der Waals surface area contributed by atoms with Crippen LogP contribution in [0.25, 0.3) is 11.3 Å². The molecule has 0 spiro atoms. The topological polar surface area (TPSA) is 110 Å². The smallest absolute Gasteiger partial charge is 0.319 e. The predicted molar refractivity (Wildman–Crippen MR) is 98.3 cm³/mol. The van der Waals surface area contributed by atoms with Gasteiger partial charge in [0, 0.05) is 36.4 Å². The summed E-state index contributed by atoms with van der Waals surface area (Å²) in [5, 5.41) is 5.53. The Labute approximate surface area is 150 Å². The normalized spacial score (nSPS) is 10.2. The predicted octanol–water partition coefficient (Wildman–Crippen LogP) is 2.56. The summed E-state index contributed by atoms with van der Waals surface area (Å²) in [6.45, 7) is 0.397. The number of primary amides is 1. The first-order valence-corrected chi connectivity index (χ1v) is 7.92. The number of hydrogen-bond acceptors (Lipinski definition) is 4. The van der Waals surface area contributed by atoms with Gasteiger partial charge in [0.25, 0.3) is 0 Å². The van der Waals surface area contributed by atoms with E-state index in [-0.39, 0.29) is 6.03 Å². The van der Waals surface area contributed by atoms with E-state index in [1.165, 1.54) is 6.20 Å². The van der Waals surface area contributed by atoms with Crippen molar-refractivity contribution in [3.05, 3.63) is 78.2 Å². The van der Waals surface area contributed by atoms with Crippen LogP contribution in [0.4, 0.5) is 10.5 Å². The Morgan fingerprint density at radius 1 is 1.00 bits per heavy atom. The molecule has 2 heterocycles. The summed E-state index contributed by atoms with van der Waals surface area (Å²) in [4.78, 5) is 31.2. The summed E-state index contributed by atoms with van der Waals surface area (Å²) in [6.07, 6.45) is 4.82. The third kappa shape index (κ3) is 4.41. The van der Waals surface area contributed by atoms with Gasteiger partial charge >= 0.3 is 6.03 Å². The zero-order chi connectivity index (χ0) is 18.4. The summed E-state index contributed by atoms with van der Waals surface area (Å²) >= 11 is 0. The van der Waals surface area contributed by atoms with Crippen LogP contribution in [0.15, 0.2) is 67.1 Å². The van der Waals surface area contributed by atoms with Gasteiger partial charge in [-0.1, -0.05) is 18.2 Å². The molecule has 7 heteroatoms. The van der Waals surface area contributed by atoms with Crippen LogP contribution in [0.3, 0.4) is 0 Å². The zero-order valence-corrected chi connectivity index (χ0v) is 13.8. The fourth-order valence-electron chi connectivity index (χ4n) is 2.30. The Balaban J connectivity index is 1.58. The van der Waals surface area contributed by atoms with Gasteiger partial charge in [0.1, 0.15) is 0 Å². The lowest BCUT2D eigenvalue weighted by Crippen LogP contribution is -2.28. The van der Waals surface area contributed by atoms with Gasteiger partial charge in [-0.3, -0.25) is 14.8 Å². The molecule has 0 aliphatic rings. The summed E-state index contributed by atoms with van der Waals surface area (Å²) < 4.78 is 0. The fraction of sp³-hybridized carbons (Fsp3) is 0.0526. The van der Waals surface area contributed by atoms with Gasteiger partial charge in [0.15, 0.2) is 0 Å². The molecule has 1 aromatic carbocycles. The molecule has 0 fully saturated rings. The van der Waals surface area contributed by atoms with Gasteiger partial charge < -0.3 is 16.4 Å². The van der Waals surface area contributed by atoms with Crippen LogP contribution in [-0.4, -0.2) is 21.9 Å². The number of nitrogens with two attached hydrogens (primary N) is 1. The maximum Gasteiger partial charge on any atom is 0.319 e. The lowest BCUT2D eigenvalue weighted by molar-refractivity contribution is 0.1000. The van der Waals surface area contributed by atoms with Crippen LogP contribution in [0.2, 0.25) is 0 Å². The first kappa shape index (κ1) is 17.1. The highest BCUT2D eigenvalue weighted by Crippen LogP contribution is 2.19. The molecule has 0 saturated carbocycles. The molecule has 3 rings (SSSR count). The van der Waals surface area contributed by atoms with Crippen molar-refractivity contribution >= 4 is 17.6 Å². The van der Waals surface area contributed by atoms with E-state index < -0.39 is 5.91 Å². The Morgan fingerprint density at radius 3 is 2.42 bits per heavy atom. The Bertz CT molecular complexity index is 893. The van der Waals surface area contributed by atoms with Crippen LogP contribution in [-0.2, 0) is 6.54 Å². The summed E-state index contributed by atoms with van der Waals surface area (Å²) in [5.41, 5.74) is 8.71. The molecule has 4 N–H and O–H groups in total. The summed E-state index contributed by atoms with van der Waals surface area (Å²) in [7, 11) is 0. The van der Waals surface area contributed by atoms with Crippen molar-refractivity contribution in [3.63, 3.8) is 0 Å². The average Bonchev–Trinajstić information content (AvgIpc) is 2.68. The minimum atomic E-state index is -0.513. The number of anilines is 1. The first-order chi connectivity index (χ1) is 12.6. The lowest BCUT2D eigenvalue weighted by Gasteiger charge is -2.08. The number of urea groups is 1. The Kier molecular flexibility index (Phi) is 5.19. The van der Waals surface area contributed by atoms with E-state index in [1.807, 2.05) is 24.3 Å². The molecule has 3 amide bonds. The van der Waals surface area contributed by atoms with Crippen molar-refractivity contribution in [2.75, 3.05) is 5.32 Å². The maximum atomic E-state index is 11.9. The average molecular weight is 347 g/mol. The second-order valence-corrected chi connectivity index (χ2v) is 5.54. The van der Waals surface area contributed by atoms with E-state index in [0.29, 0.717) is 23.5 Å². The number of rotatable bonds is 5. The van der Waals surface area contributed by atoms with Crippen molar-refractivity contribution in [1.29, 1.82) is 0 Å². The third-order valence-corrected chi connectivity index (χ3v) is 3.66. The van der Waals surface area contributed by atoms with Crippen molar-refractivity contribution in [2.24, 2.45) is 5.73 Å². The molecule has 0 aliphatic carbocycles. The molecular formula is C19H17N5O2. The minimum absolute atomic E-state index is 0.300. The van der Waals surface area contributed by atoms with Gasteiger partial charge in [-0.15, -0.1) is 0 Å². The summed E-state index contributed by atoms with van der Waals surface area (Å²) in [5.74, 6) is -0.513. The molecule has 26 heavy (non-hydrogen) atoms. The number of aromatic nitrogens is 2. The van der Waals surface area contributed by atoms with Crippen molar-refractivity contribution in [3.8, 4) is 11.3 Å². The van der Waals surface area contributed by atoms with Gasteiger partial charge in [-0.05, 0) is 35.9 Å². The highest BCUT2D eigenvalue weighted by Gasteiger charge is 2.05. The van der Waals surface area contributed by atoms with E-state index in [2.05, 4.69) is 20.6 Å². The highest BCUT2D eigenvalue weighted by atomic mass is 16.2. The quantitative estimate of drug-likeness (QED) is 0.659. The number of nitrogens with zero attached hydrogens (tertiary/aromatic N) is 2. The maximum absolute atomic E-state index is 11.9. The molecule has 0 unspecified atom stereocenters. The molecule has 7 nitrogen and oxygen atoms in total. The number of benzene rings is 1. The largest absolute Gasteiger partial charge is 0.366 e. The van der Waals surface area contributed by atoms with E-state index in [4.69, 9.17) is 5.73 Å². The van der Waals surface area contributed by atoms with Crippen molar-refractivity contribution in [2.45, 2.75) is 6.54 Å². The van der Waals surface area contributed by atoms with Crippen LogP contribution in [0.5, 0.6) is 0 Å². The standard InChI is InChI=1S/C19H17N5O2/c20-18(25)15-5-8-17(22-12-15)14-3-6-16(7-4-14)24-19(26)23-11-13-2-1-9-21-10-13/h1-10,12H,11H2,(H2,20,25)(H2,23,24,26). The number of amides is 3. The monoisotopic (exact) mass is 347 g/mol. The number of carbonyl (C=O) groups excluding carboxylic acids is 2. The van der Waals surface area contributed by atoms with Gasteiger partial charge in [-0.2, -0.15) is 0 Å². The minimum Gasteiger partial charge on any atom is -0.366 e. The Morgan fingerprint density at radius 2 is 1.81 bits per heavy atom. The van der Waals surface area contributed by atoms with Crippen LogP contribution >= 0.6 is 0 Å². The first-order valence-electron chi connectivity index (χ1n) is 7.92. The van der Waals surface area contributed by atoms with Gasteiger partial charge in [0.05, 0.1) is 11.3 Å².